The molecule has 0 aromatic heterocycles. The fraction of sp³-hybridized carbons (Fsp3) is 0.467. The van der Waals surface area contributed by atoms with Gasteiger partial charge in [0, 0.05) is 18.8 Å². The Bertz CT molecular complexity index is 636. The third-order valence-corrected chi connectivity index (χ3v) is 5.42. The lowest BCUT2D eigenvalue weighted by molar-refractivity contribution is -0.130. The van der Waals surface area contributed by atoms with E-state index in [-0.39, 0.29) is 29.4 Å². The van der Waals surface area contributed by atoms with E-state index in [0.717, 1.165) is 0 Å². The highest BCUT2D eigenvalue weighted by molar-refractivity contribution is 7.91. The van der Waals surface area contributed by atoms with Crippen LogP contribution in [0.15, 0.2) is 24.3 Å². The molecule has 6 nitrogen and oxygen atoms in total. The maximum absolute atomic E-state index is 12.2. The van der Waals surface area contributed by atoms with Crippen LogP contribution in [0, 0.1) is 0 Å². The number of carboxylic acid groups (broad SMARTS) is 1. The Balaban J connectivity index is 2.69. The molecular formula is C15H21NO5S. The Hall–Kier alpha value is -1.89. The number of benzene rings is 1. The first kappa shape index (κ1) is 18.2. The van der Waals surface area contributed by atoms with Gasteiger partial charge in [-0.1, -0.05) is 19.1 Å². The summed E-state index contributed by atoms with van der Waals surface area (Å²) in [6, 6.07) is 5.65. The summed E-state index contributed by atoms with van der Waals surface area (Å²) in [5, 5.41) is 8.82. The van der Waals surface area contributed by atoms with Gasteiger partial charge in [0.1, 0.15) is 0 Å². The number of amides is 1. The second kappa shape index (κ2) is 7.40. The van der Waals surface area contributed by atoms with Crippen LogP contribution in [0.4, 0.5) is 0 Å². The average Bonchev–Trinajstić information content (AvgIpc) is 2.46. The van der Waals surface area contributed by atoms with Crippen LogP contribution in [0.1, 0.15) is 29.8 Å². The molecule has 0 aliphatic carbocycles. The molecule has 7 heteroatoms. The van der Waals surface area contributed by atoms with Crippen LogP contribution in [0.5, 0.6) is 0 Å². The number of sulfone groups is 1. The van der Waals surface area contributed by atoms with E-state index < -0.39 is 21.8 Å². The lowest BCUT2D eigenvalue weighted by Gasteiger charge is -2.24. The SMILES string of the molecule is CCS(=O)(=O)CC(C)N(C)C(=O)Cc1ccc(C(=O)O)cc1. The molecule has 122 valence electrons. The van der Waals surface area contributed by atoms with Crippen LogP contribution in [0.3, 0.4) is 0 Å². The molecule has 1 atom stereocenters. The van der Waals surface area contributed by atoms with Gasteiger partial charge in [0.25, 0.3) is 0 Å². The summed E-state index contributed by atoms with van der Waals surface area (Å²) >= 11 is 0. The van der Waals surface area contributed by atoms with Gasteiger partial charge in [-0.15, -0.1) is 0 Å². The van der Waals surface area contributed by atoms with Crippen molar-refractivity contribution in [1.82, 2.24) is 4.90 Å². The number of aromatic carboxylic acids is 1. The molecule has 0 aliphatic heterocycles. The highest BCUT2D eigenvalue weighted by Crippen LogP contribution is 2.09. The van der Waals surface area contributed by atoms with E-state index >= 15 is 0 Å². The van der Waals surface area contributed by atoms with Crippen molar-refractivity contribution in [3.8, 4) is 0 Å². The van der Waals surface area contributed by atoms with Crippen LogP contribution in [-0.4, -0.2) is 54.9 Å². The van der Waals surface area contributed by atoms with E-state index in [1.807, 2.05) is 0 Å². The zero-order valence-electron chi connectivity index (χ0n) is 12.9. The minimum absolute atomic E-state index is 0.0516. The summed E-state index contributed by atoms with van der Waals surface area (Å²) in [5.41, 5.74) is 0.847. The zero-order valence-corrected chi connectivity index (χ0v) is 13.8. The van der Waals surface area contributed by atoms with Crippen LogP contribution in [0.25, 0.3) is 0 Å². The van der Waals surface area contributed by atoms with Crippen molar-refractivity contribution >= 4 is 21.7 Å². The molecule has 1 aromatic rings. The van der Waals surface area contributed by atoms with Crippen LogP contribution >= 0.6 is 0 Å². The Kier molecular flexibility index (Phi) is 6.11. The normalized spacial score (nSPS) is 12.7. The van der Waals surface area contributed by atoms with Crippen molar-refractivity contribution in [2.75, 3.05) is 18.6 Å². The number of nitrogens with zero attached hydrogens (tertiary/aromatic N) is 1. The number of carbonyl (C=O) groups excluding carboxylic acids is 1. The van der Waals surface area contributed by atoms with Gasteiger partial charge >= 0.3 is 5.97 Å². The first-order chi connectivity index (χ1) is 10.2. The third-order valence-electron chi connectivity index (χ3n) is 3.55. The highest BCUT2D eigenvalue weighted by atomic mass is 32.2. The van der Waals surface area contributed by atoms with E-state index in [9.17, 15) is 18.0 Å². The molecule has 0 spiro atoms. The molecule has 1 aromatic carbocycles. The Morgan fingerprint density at radius 3 is 2.23 bits per heavy atom. The van der Waals surface area contributed by atoms with E-state index in [4.69, 9.17) is 5.11 Å². The summed E-state index contributed by atoms with van der Waals surface area (Å²) in [6.07, 6.45) is 0.104. The van der Waals surface area contributed by atoms with Gasteiger partial charge in [-0.2, -0.15) is 0 Å². The summed E-state index contributed by atoms with van der Waals surface area (Å²) in [4.78, 5) is 24.3. The molecule has 0 saturated carbocycles. The molecule has 1 rings (SSSR count). The summed E-state index contributed by atoms with van der Waals surface area (Å²) in [6.45, 7) is 3.27. The molecule has 1 unspecified atom stereocenters. The second-order valence-corrected chi connectivity index (χ2v) is 7.63. The third kappa shape index (κ3) is 5.14. The van der Waals surface area contributed by atoms with Crippen LogP contribution in [0.2, 0.25) is 0 Å². The average molecular weight is 327 g/mol. The number of hydrogen-bond donors (Lipinski definition) is 1. The predicted molar refractivity (Wildman–Crippen MR) is 83.7 cm³/mol. The molecule has 0 aliphatic rings. The van der Waals surface area contributed by atoms with E-state index in [1.165, 1.54) is 17.0 Å². The molecule has 1 amide bonds. The van der Waals surface area contributed by atoms with Gasteiger partial charge in [-0.3, -0.25) is 4.79 Å². The smallest absolute Gasteiger partial charge is 0.335 e. The molecule has 22 heavy (non-hydrogen) atoms. The van der Waals surface area contributed by atoms with Crippen molar-refractivity contribution in [2.45, 2.75) is 26.3 Å². The first-order valence-electron chi connectivity index (χ1n) is 6.94. The van der Waals surface area contributed by atoms with Crippen molar-refractivity contribution in [3.63, 3.8) is 0 Å². The molecular weight excluding hydrogens is 306 g/mol. The number of carbonyl (C=O) groups is 2. The lowest BCUT2D eigenvalue weighted by atomic mass is 10.1. The van der Waals surface area contributed by atoms with Gasteiger partial charge < -0.3 is 10.0 Å². The largest absolute Gasteiger partial charge is 0.478 e. The monoisotopic (exact) mass is 327 g/mol. The predicted octanol–water partition coefficient (Wildman–Crippen LogP) is 1.21. The van der Waals surface area contributed by atoms with Gasteiger partial charge in [0.2, 0.25) is 5.91 Å². The molecule has 0 bridgehead atoms. The molecule has 0 heterocycles. The van der Waals surface area contributed by atoms with Crippen LogP contribution < -0.4 is 0 Å². The fourth-order valence-corrected chi connectivity index (χ4v) is 3.10. The van der Waals surface area contributed by atoms with Crippen molar-refractivity contribution < 1.29 is 23.1 Å². The fourth-order valence-electron chi connectivity index (χ4n) is 1.91. The summed E-state index contributed by atoms with van der Waals surface area (Å²) in [7, 11) is -1.57. The zero-order chi connectivity index (χ0) is 16.9. The molecule has 1 N–H and O–H groups in total. The van der Waals surface area contributed by atoms with Gasteiger partial charge in [0.05, 0.1) is 17.7 Å². The van der Waals surface area contributed by atoms with Crippen molar-refractivity contribution in [3.05, 3.63) is 35.4 Å². The van der Waals surface area contributed by atoms with E-state index in [2.05, 4.69) is 0 Å². The van der Waals surface area contributed by atoms with E-state index in [0.29, 0.717) is 5.56 Å². The standard InChI is InChI=1S/C15H21NO5S/c1-4-22(20,21)10-11(2)16(3)14(17)9-12-5-7-13(8-6-12)15(18)19/h5-8,11H,4,9-10H2,1-3H3,(H,18,19). The van der Waals surface area contributed by atoms with Crippen molar-refractivity contribution in [2.24, 2.45) is 0 Å². The first-order valence-corrected chi connectivity index (χ1v) is 8.76. The Morgan fingerprint density at radius 2 is 1.77 bits per heavy atom. The molecule has 0 radical (unpaired) electrons. The topological polar surface area (TPSA) is 91.8 Å². The number of likely N-dealkylation sites (N-methyl/N-ethyl adjacent to an activating group) is 1. The number of rotatable bonds is 7. The Labute approximate surface area is 130 Å². The lowest BCUT2D eigenvalue weighted by Crippen LogP contribution is -2.40. The van der Waals surface area contributed by atoms with E-state index in [1.54, 1.807) is 33.0 Å². The number of hydrogen-bond acceptors (Lipinski definition) is 4. The molecule has 0 saturated heterocycles. The minimum Gasteiger partial charge on any atom is -0.478 e. The summed E-state index contributed by atoms with van der Waals surface area (Å²) in [5.74, 6) is -1.24. The quantitative estimate of drug-likeness (QED) is 0.812. The van der Waals surface area contributed by atoms with Gasteiger partial charge in [-0.05, 0) is 24.6 Å². The number of carboxylic acids is 1. The second-order valence-electron chi connectivity index (χ2n) is 5.23. The highest BCUT2D eigenvalue weighted by Gasteiger charge is 2.21. The maximum atomic E-state index is 12.2. The van der Waals surface area contributed by atoms with Gasteiger partial charge in [-0.25, -0.2) is 13.2 Å². The van der Waals surface area contributed by atoms with Gasteiger partial charge in [0.15, 0.2) is 9.84 Å². The van der Waals surface area contributed by atoms with Crippen molar-refractivity contribution in [1.29, 1.82) is 0 Å². The summed E-state index contributed by atoms with van der Waals surface area (Å²) < 4.78 is 23.2. The minimum atomic E-state index is -3.14. The molecule has 0 fully saturated rings. The Morgan fingerprint density at radius 1 is 1.23 bits per heavy atom. The maximum Gasteiger partial charge on any atom is 0.335 e. The van der Waals surface area contributed by atoms with Crippen LogP contribution in [-0.2, 0) is 21.1 Å².